The van der Waals surface area contributed by atoms with Crippen LogP contribution in [-0.2, 0) is 11.8 Å². The second kappa shape index (κ2) is 13.0. The number of unbranched alkanes of at least 4 members (excludes halogenated alkanes) is 2. The van der Waals surface area contributed by atoms with E-state index >= 15 is 0 Å². The van der Waals surface area contributed by atoms with Gasteiger partial charge in [0.05, 0.1) is 29.3 Å². The molecule has 0 bridgehead atoms. The van der Waals surface area contributed by atoms with Crippen LogP contribution in [0, 0.1) is 0 Å². The lowest BCUT2D eigenvalue weighted by Gasteiger charge is -2.15. The largest absolute Gasteiger partial charge is 0.359 e. The smallest absolute Gasteiger partial charge is 0.254 e. The molecule has 10 nitrogen and oxygen atoms in total. The van der Waals surface area contributed by atoms with Crippen LogP contribution in [0.2, 0.25) is 0 Å². The number of aromatic amines is 1. The number of amides is 2. The molecule has 0 aliphatic carbocycles. The fourth-order valence-corrected chi connectivity index (χ4v) is 4.45. The highest BCUT2D eigenvalue weighted by molar-refractivity contribution is 5.93. The van der Waals surface area contributed by atoms with Gasteiger partial charge in [-0.1, -0.05) is 37.1 Å². The van der Waals surface area contributed by atoms with Crippen molar-refractivity contribution < 1.29 is 9.59 Å². The van der Waals surface area contributed by atoms with E-state index in [2.05, 4.69) is 50.1 Å². The molecule has 10 heteroatoms. The minimum Gasteiger partial charge on any atom is -0.359 e. The maximum Gasteiger partial charge on any atom is 0.254 e. The Morgan fingerprint density at radius 1 is 1.03 bits per heavy atom. The van der Waals surface area contributed by atoms with Gasteiger partial charge in [-0.05, 0) is 38.3 Å². The van der Waals surface area contributed by atoms with Crippen molar-refractivity contribution in [3.63, 3.8) is 0 Å². The van der Waals surface area contributed by atoms with E-state index in [1.54, 1.807) is 28.8 Å². The first-order valence-electron chi connectivity index (χ1n) is 13.5. The van der Waals surface area contributed by atoms with Gasteiger partial charge in [-0.25, -0.2) is 4.98 Å². The summed E-state index contributed by atoms with van der Waals surface area (Å²) in [7, 11) is 3.57. The van der Waals surface area contributed by atoms with Gasteiger partial charge in [0.25, 0.3) is 5.91 Å². The Balaban J connectivity index is 1.43. The summed E-state index contributed by atoms with van der Waals surface area (Å²) < 4.78 is 3.56. The summed E-state index contributed by atoms with van der Waals surface area (Å²) in [6, 6.07) is 10.4. The van der Waals surface area contributed by atoms with E-state index in [0.29, 0.717) is 18.5 Å². The van der Waals surface area contributed by atoms with Gasteiger partial charge in [0, 0.05) is 57.0 Å². The fraction of sp³-hybridized carbons (Fsp3) is 0.414. The summed E-state index contributed by atoms with van der Waals surface area (Å²) >= 11 is 0. The molecule has 4 rings (SSSR count). The van der Waals surface area contributed by atoms with Crippen molar-refractivity contribution in [1.82, 2.24) is 40.2 Å². The Bertz CT molecular complexity index is 1370. The molecule has 0 saturated heterocycles. The van der Waals surface area contributed by atoms with Gasteiger partial charge in [-0.3, -0.25) is 19.0 Å². The number of carbonyl (C=O) groups excluding carboxylic acids is 2. The Labute approximate surface area is 229 Å². The molecule has 1 unspecified atom stereocenters. The number of rotatable bonds is 13. The maximum absolute atomic E-state index is 12.8. The maximum atomic E-state index is 12.8. The van der Waals surface area contributed by atoms with Gasteiger partial charge < -0.3 is 15.6 Å². The molecule has 2 amide bonds. The third-order valence-corrected chi connectivity index (χ3v) is 6.82. The van der Waals surface area contributed by atoms with Gasteiger partial charge in [0.1, 0.15) is 5.82 Å². The average Bonchev–Trinajstić information content (AvgIpc) is 3.71. The minimum atomic E-state index is -0.150. The molecule has 4 aromatic rings. The van der Waals surface area contributed by atoms with E-state index in [1.165, 1.54) is 0 Å². The lowest BCUT2D eigenvalue weighted by molar-refractivity contribution is -0.120. The van der Waals surface area contributed by atoms with Gasteiger partial charge in [-0.15, -0.1) is 0 Å². The molecule has 0 spiro atoms. The highest BCUT2D eigenvalue weighted by Crippen LogP contribution is 2.26. The molecule has 39 heavy (non-hydrogen) atoms. The molecule has 1 aromatic carbocycles. The Hall–Kier alpha value is -4.21. The molecular formula is C29H38N8O2. The Morgan fingerprint density at radius 3 is 2.46 bits per heavy atom. The van der Waals surface area contributed by atoms with E-state index in [4.69, 9.17) is 4.98 Å². The van der Waals surface area contributed by atoms with Crippen LogP contribution in [0.4, 0.5) is 0 Å². The van der Waals surface area contributed by atoms with Crippen molar-refractivity contribution >= 4 is 11.8 Å². The third-order valence-electron chi connectivity index (χ3n) is 6.82. The number of carbonyl (C=O) groups is 2. The van der Waals surface area contributed by atoms with Crippen LogP contribution < -0.4 is 10.6 Å². The number of imidazole rings is 1. The first-order chi connectivity index (χ1) is 18.8. The van der Waals surface area contributed by atoms with Crippen molar-refractivity contribution in [3.8, 4) is 22.5 Å². The number of hydrogen-bond donors (Lipinski definition) is 3. The highest BCUT2D eigenvalue weighted by Gasteiger charge is 2.19. The first-order valence-corrected chi connectivity index (χ1v) is 13.5. The second-order valence-electron chi connectivity index (χ2n) is 10.1. The van der Waals surface area contributed by atoms with Crippen LogP contribution in [-0.4, -0.2) is 54.9 Å². The molecule has 0 saturated carbocycles. The summed E-state index contributed by atoms with van der Waals surface area (Å²) in [6.45, 7) is 4.50. The van der Waals surface area contributed by atoms with Crippen LogP contribution in [0.15, 0.2) is 55.1 Å². The van der Waals surface area contributed by atoms with Crippen molar-refractivity contribution in [1.29, 1.82) is 0 Å². The van der Waals surface area contributed by atoms with Crippen LogP contribution in [0.5, 0.6) is 0 Å². The number of aromatic nitrogens is 6. The molecule has 1 atom stereocenters. The van der Waals surface area contributed by atoms with Crippen molar-refractivity contribution in [2.24, 2.45) is 7.05 Å². The Morgan fingerprint density at radius 2 is 1.79 bits per heavy atom. The molecule has 0 aliphatic heterocycles. The van der Waals surface area contributed by atoms with Crippen LogP contribution in [0.25, 0.3) is 22.5 Å². The summed E-state index contributed by atoms with van der Waals surface area (Å²) in [5, 5.41) is 14.5. The molecular weight excluding hydrogens is 492 g/mol. The number of hydrogen-bond acceptors (Lipinski definition) is 5. The predicted octanol–water partition coefficient (Wildman–Crippen LogP) is 4.46. The quantitative estimate of drug-likeness (QED) is 0.220. The van der Waals surface area contributed by atoms with E-state index in [9.17, 15) is 9.59 Å². The fourth-order valence-electron chi connectivity index (χ4n) is 4.45. The average molecular weight is 531 g/mol. The molecule has 3 N–H and O–H groups in total. The number of H-pyrrole nitrogens is 1. The molecule has 0 aliphatic rings. The topological polar surface area (TPSA) is 123 Å². The summed E-state index contributed by atoms with van der Waals surface area (Å²) in [4.78, 5) is 32.5. The summed E-state index contributed by atoms with van der Waals surface area (Å²) in [6.07, 6.45) is 11.2. The Kier molecular flexibility index (Phi) is 9.30. The monoisotopic (exact) mass is 530 g/mol. The molecule has 206 valence electrons. The number of nitrogens with zero attached hydrogens (tertiary/aromatic N) is 5. The van der Waals surface area contributed by atoms with Gasteiger partial charge in [0.15, 0.2) is 0 Å². The zero-order valence-corrected chi connectivity index (χ0v) is 23.1. The van der Waals surface area contributed by atoms with E-state index in [1.807, 2.05) is 39.4 Å². The zero-order chi connectivity index (χ0) is 27.8. The minimum absolute atomic E-state index is 0.00985. The van der Waals surface area contributed by atoms with Crippen molar-refractivity contribution in [3.05, 3.63) is 66.5 Å². The predicted molar refractivity (Wildman–Crippen MR) is 151 cm³/mol. The molecule has 0 fully saturated rings. The number of nitrogens with one attached hydrogen (secondary N) is 3. The SMILES string of the molecule is CNC(=O)CCCCCC(CNC(=O)c1cnn(C(C)C)c1)c1ncc(-c2ccc(-c3ccn(C)n3)cc2)[nH]1. The standard InChI is InChI=1S/C29H38N8O2/c1-20(2)37-19-24(17-33-37)29(39)32-16-23(8-6-5-7-9-27(38)30-3)28-31-18-26(34-28)22-12-10-21(11-13-22)25-14-15-36(4)35-25/h10-15,17-20,23H,5-9,16H2,1-4H3,(H,30,38)(H,31,34)(H,32,39). The molecule has 3 aromatic heterocycles. The third kappa shape index (κ3) is 7.43. The van der Waals surface area contributed by atoms with Gasteiger partial charge >= 0.3 is 0 Å². The molecule has 0 radical (unpaired) electrons. The summed E-state index contributed by atoms with van der Waals surface area (Å²) in [5.74, 6) is 0.757. The zero-order valence-electron chi connectivity index (χ0n) is 23.1. The van der Waals surface area contributed by atoms with Gasteiger partial charge in [-0.2, -0.15) is 10.2 Å². The number of benzene rings is 1. The summed E-state index contributed by atoms with van der Waals surface area (Å²) in [5.41, 5.74) is 4.48. The van der Waals surface area contributed by atoms with Crippen molar-refractivity contribution in [2.75, 3.05) is 13.6 Å². The van der Waals surface area contributed by atoms with E-state index in [-0.39, 0.29) is 23.8 Å². The lowest BCUT2D eigenvalue weighted by atomic mass is 9.99. The molecule has 3 heterocycles. The highest BCUT2D eigenvalue weighted by atomic mass is 16.2. The van der Waals surface area contributed by atoms with Crippen molar-refractivity contribution in [2.45, 2.75) is 57.9 Å². The van der Waals surface area contributed by atoms with Gasteiger partial charge in [0.2, 0.25) is 5.91 Å². The first kappa shape index (κ1) is 27.8. The van der Waals surface area contributed by atoms with E-state index in [0.717, 1.165) is 54.0 Å². The van der Waals surface area contributed by atoms with Crippen LogP contribution >= 0.6 is 0 Å². The van der Waals surface area contributed by atoms with Crippen LogP contribution in [0.1, 0.15) is 74.1 Å². The number of aryl methyl sites for hydroxylation is 1. The van der Waals surface area contributed by atoms with Crippen LogP contribution in [0.3, 0.4) is 0 Å². The normalized spacial score (nSPS) is 12.0. The van der Waals surface area contributed by atoms with E-state index < -0.39 is 0 Å². The lowest BCUT2D eigenvalue weighted by Crippen LogP contribution is -2.28. The second-order valence-corrected chi connectivity index (χ2v) is 10.1.